The van der Waals surface area contributed by atoms with E-state index in [1.807, 2.05) is 0 Å². The first-order valence-electron chi connectivity index (χ1n) is 5.35. The van der Waals surface area contributed by atoms with E-state index in [0.29, 0.717) is 13.2 Å². The van der Waals surface area contributed by atoms with Gasteiger partial charge in [0.15, 0.2) is 12.6 Å². The Bertz CT molecular complexity index is 218. The van der Waals surface area contributed by atoms with Gasteiger partial charge in [0, 0.05) is 6.54 Å². The average Bonchev–Trinajstić information content (AvgIpc) is 2.32. The molecule has 1 aliphatic rings. The molecular formula is C9H19NO7. The van der Waals surface area contributed by atoms with Gasteiger partial charge in [-0.3, -0.25) is 0 Å². The van der Waals surface area contributed by atoms with Crippen molar-refractivity contribution in [3.63, 3.8) is 0 Å². The fourth-order valence-corrected chi connectivity index (χ4v) is 1.38. The van der Waals surface area contributed by atoms with E-state index in [-0.39, 0.29) is 13.2 Å². The fraction of sp³-hybridized carbons (Fsp3) is 1.00. The van der Waals surface area contributed by atoms with Gasteiger partial charge in [-0.1, -0.05) is 0 Å². The Kier molecular flexibility index (Phi) is 6.23. The second-order valence-corrected chi connectivity index (χ2v) is 3.64. The van der Waals surface area contributed by atoms with Gasteiger partial charge in [0.2, 0.25) is 0 Å². The van der Waals surface area contributed by atoms with Crippen LogP contribution in [0.4, 0.5) is 0 Å². The Morgan fingerprint density at radius 1 is 0.941 bits per heavy atom. The summed E-state index contributed by atoms with van der Waals surface area (Å²) in [5.41, 5.74) is 5.20. The molecule has 102 valence electrons. The molecule has 0 aliphatic carbocycles. The van der Waals surface area contributed by atoms with Crippen LogP contribution in [0.3, 0.4) is 0 Å². The number of aliphatic hydroxyl groups is 4. The minimum Gasteiger partial charge on any atom is -0.387 e. The van der Waals surface area contributed by atoms with E-state index in [1.54, 1.807) is 0 Å². The maximum absolute atomic E-state index is 9.50. The van der Waals surface area contributed by atoms with Gasteiger partial charge in [-0.15, -0.1) is 0 Å². The van der Waals surface area contributed by atoms with Crippen LogP contribution >= 0.6 is 0 Å². The molecule has 5 atom stereocenters. The largest absolute Gasteiger partial charge is 0.387 e. The fourth-order valence-electron chi connectivity index (χ4n) is 1.38. The lowest BCUT2D eigenvalue weighted by molar-refractivity contribution is -0.340. The minimum absolute atomic E-state index is 0.108. The van der Waals surface area contributed by atoms with Gasteiger partial charge in [-0.25, -0.2) is 0 Å². The molecule has 0 aromatic carbocycles. The van der Waals surface area contributed by atoms with Crippen LogP contribution in [0, 0.1) is 0 Å². The molecule has 1 fully saturated rings. The quantitative estimate of drug-likeness (QED) is 0.311. The highest BCUT2D eigenvalue weighted by atomic mass is 16.7. The van der Waals surface area contributed by atoms with Gasteiger partial charge in [-0.05, 0) is 0 Å². The monoisotopic (exact) mass is 253 g/mol. The molecule has 1 heterocycles. The van der Waals surface area contributed by atoms with E-state index in [4.69, 9.17) is 19.9 Å². The lowest BCUT2D eigenvalue weighted by Gasteiger charge is -2.37. The van der Waals surface area contributed by atoms with E-state index in [9.17, 15) is 20.4 Å². The van der Waals surface area contributed by atoms with Gasteiger partial charge in [0.05, 0.1) is 19.8 Å². The normalized spacial score (nSPS) is 38.3. The molecule has 0 radical (unpaired) electrons. The van der Waals surface area contributed by atoms with Crippen LogP contribution in [0.15, 0.2) is 0 Å². The lowest BCUT2D eigenvalue weighted by atomic mass is 10.0. The van der Waals surface area contributed by atoms with E-state index in [0.717, 1.165) is 0 Å². The summed E-state index contributed by atoms with van der Waals surface area (Å²) in [5, 5.41) is 37.3. The first-order chi connectivity index (χ1) is 8.07. The second kappa shape index (κ2) is 7.19. The Labute approximate surface area is 98.5 Å². The van der Waals surface area contributed by atoms with Crippen molar-refractivity contribution < 1.29 is 34.6 Å². The summed E-state index contributed by atoms with van der Waals surface area (Å²) in [4.78, 5) is 0. The molecule has 0 aromatic heterocycles. The summed E-state index contributed by atoms with van der Waals surface area (Å²) in [5.74, 6) is 0. The molecule has 0 spiro atoms. The smallest absolute Gasteiger partial charge is 0.189 e. The number of rotatable bonds is 6. The molecule has 8 nitrogen and oxygen atoms in total. The van der Waals surface area contributed by atoms with Crippen molar-refractivity contribution in [3.8, 4) is 0 Å². The zero-order valence-corrected chi connectivity index (χ0v) is 9.31. The van der Waals surface area contributed by atoms with Gasteiger partial charge in [-0.2, -0.15) is 0 Å². The van der Waals surface area contributed by atoms with E-state index in [2.05, 4.69) is 0 Å². The van der Waals surface area contributed by atoms with Crippen molar-refractivity contribution in [3.05, 3.63) is 0 Å². The molecule has 3 unspecified atom stereocenters. The lowest BCUT2D eigenvalue weighted by Crippen LogP contribution is -2.58. The molecule has 1 saturated heterocycles. The van der Waals surface area contributed by atoms with Crippen LogP contribution < -0.4 is 5.73 Å². The molecule has 17 heavy (non-hydrogen) atoms. The molecule has 1 aliphatic heterocycles. The van der Waals surface area contributed by atoms with Gasteiger partial charge in [0.1, 0.15) is 18.3 Å². The zero-order chi connectivity index (χ0) is 12.8. The molecule has 0 amide bonds. The molecule has 0 aromatic rings. The van der Waals surface area contributed by atoms with Gasteiger partial charge < -0.3 is 40.4 Å². The third kappa shape index (κ3) is 4.12. The highest BCUT2D eigenvalue weighted by molar-refractivity contribution is 4.84. The topological polar surface area (TPSA) is 135 Å². The standard InChI is InChI=1S/C9H19NO7/c10-1-2-15-3-4-16-9-7(13)5(11)6(12)8(14)17-9/h5-9,11-14H,1-4,10H2/t5?,6?,7-,8+,9?/m0/s1. The summed E-state index contributed by atoms with van der Waals surface area (Å²) >= 11 is 0. The highest BCUT2D eigenvalue weighted by Gasteiger charge is 2.43. The summed E-state index contributed by atoms with van der Waals surface area (Å²) in [6.45, 7) is 1.14. The van der Waals surface area contributed by atoms with E-state index in [1.165, 1.54) is 0 Å². The number of ether oxygens (including phenoxy) is 3. The maximum atomic E-state index is 9.50. The van der Waals surface area contributed by atoms with Crippen LogP contribution in [0.2, 0.25) is 0 Å². The van der Waals surface area contributed by atoms with Crippen molar-refractivity contribution in [1.29, 1.82) is 0 Å². The van der Waals surface area contributed by atoms with E-state index >= 15 is 0 Å². The first-order valence-corrected chi connectivity index (χ1v) is 5.35. The average molecular weight is 253 g/mol. The second-order valence-electron chi connectivity index (χ2n) is 3.64. The van der Waals surface area contributed by atoms with E-state index < -0.39 is 30.9 Å². The van der Waals surface area contributed by atoms with Crippen LogP contribution in [-0.2, 0) is 14.2 Å². The zero-order valence-electron chi connectivity index (χ0n) is 9.31. The summed E-state index contributed by atoms with van der Waals surface area (Å²) in [7, 11) is 0. The van der Waals surface area contributed by atoms with Gasteiger partial charge >= 0.3 is 0 Å². The van der Waals surface area contributed by atoms with Crippen molar-refractivity contribution >= 4 is 0 Å². The van der Waals surface area contributed by atoms with Crippen LogP contribution in [-0.4, -0.2) is 77.7 Å². The Hall–Kier alpha value is -0.320. The minimum atomic E-state index is -1.59. The SMILES string of the molecule is NCCOCCOC1O[C@@H](O)C(O)C(O)[C@@H]1O. The highest BCUT2D eigenvalue weighted by Crippen LogP contribution is 2.20. The number of hydrogen-bond donors (Lipinski definition) is 5. The molecule has 8 heteroatoms. The molecule has 0 bridgehead atoms. The summed E-state index contributed by atoms with van der Waals surface area (Å²) < 4.78 is 14.9. The Morgan fingerprint density at radius 3 is 2.29 bits per heavy atom. The van der Waals surface area contributed by atoms with Crippen molar-refractivity contribution in [2.45, 2.75) is 30.9 Å². The Balaban J connectivity index is 2.28. The molecule has 6 N–H and O–H groups in total. The van der Waals surface area contributed by atoms with Gasteiger partial charge in [0.25, 0.3) is 0 Å². The number of nitrogens with two attached hydrogens (primary N) is 1. The first kappa shape index (κ1) is 14.7. The number of hydrogen-bond acceptors (Lipinski definition) is 8. The molecule has 1 rings (SSSR count). The van der Waals surface area contributed by atoms with Crippen molar-refractivity contribution in [2.24, 2.45) is 5.73 Å². The predicted octanol–water partition coefficient (Wildman–Crippen LogP) is -3.26. The third-order valence-corrected chi connectivity index (χ3v) is 2.32. The predicted molar refractivity (Wildman–Crippen MR) is 54.7 cm³/mol. The number of aliphatic hydroxyl groups excluding tert-OH is 4. The third-order valence-electron chi connectivity index (χ3n) is 2.32. The summed E-state index contributed by atoms with van der Waals surface area (Å²) in [6, 6.07) is 0. The van der Waals surface area contributed by atoms with Crippen LogP contribution in [0.25, 0.3) is 0 Å². The Morgan fingerprint density at radius 2 is 1.65 bits per heavy atom. The van der Waals surface area contributed by atoms with Crippen LogP contribution in [0.1, 0.15) is 0 Å². The molecular weight excluding hydrogens is 234 g/mol. The van der Waals surface area contributed by atoms with Crippen molar-refractivity contribution in [2.75, 3.05) is 26.4 Å². The van der Waals surface area contributed by atoms with Crippen LogP contribution in [0.5, 0.6) is 0 Å². The van der Waals surface area contributed by atoms with Crippen molar-refractivity contribution in [1.82, 2.24) is 0 Å². The maximum Gasteiger partial charge on any atom is 0.189 e. The summed E-state index contributed by atoms with van der Waals surface area (Å²) in [6.07, 6.45) is -7.30. The molecule has 0 saturated carbocycles.